The molecule has 4 rings (SSSR count). The fourth-order valence-electron chi connectivity index (χ4n) is 3.85. The molecule has 0 atom stereocenters. The summed E-state index contributed by atoms with van der Waals surface area (Å²) in [7, 11) is 0. The van der Waals surface area contributed by atoms with Crippen molar-refractivity contribution in [2.75, 3.05) is 11.5 Å². The Bertz CT molecular complexity index is 1210. The Morgan fingerprint density at radius 2 is 1.74 bits per heavy atom. The predicted octanol–water partition coefficient (Wildman–Crippen LogP) is 6.26. The Labute approximate surface area is 199 Å². The highest BCUT2D eigenvalue weighted by Gasteiger charge is 2.33. The summed E-state index contributed by atoms with van der Waals surface area (Å²) in [5, 5.41) is 0. The van der Waals surface area contributed by atoms with E-state index in [0.717, 1.165) is 33.7 Å². The Morgan fingerprint density at radius 3 is 2.44 bits per heavy atom. The SMILES string of the molecule is CCOC(=O)Cc1cccc(CSc2cccc3c2CN(c2ccc(C(F)(F)F)cc2)C3=O)c1. The van der Waals surface area contributed by atoms with Crippen LogP contribution >= 0.6 is 11.8 Å². The minimum absolute atomic E-state index is 0.212. The van der Waals surface area contributed by atoms with Crippen LogP contribution in [0.2, 0.25) is 0 Å². The monoisotopic (exact) mass is 485 g/mol. The second-order valence-corrected chi connectivity index (χ2v) is 8.83. The molecule has 0 fully saturated rings. The number of halogens is 3. The molecule has 1 heterocycles. The molecule has 176 valence electrons. The number of fused-ring (bicyclic) bond motifs is 1. The minimum atomic E-state index is -4.42. The third-order valence-corrected chi connectivity index (χ3v) is 6.64. The van der Waals surface area contributed by atoms with Crippen LogP contribution in [0.5, 0.6) is 0 Å². The number of benzene rings is 3. The molecule has 34 heavy (non-hydrogen) atoms. The third kappa shape index (κ3) is 5.28. The summed E-state index contributed by atoms with van der Waals surface area (Å²) in [5.74, 6) is 0.144. The van der Waals surface area contributed by atoms with Gasteiger partial charge in [-0.15, -0.1) is 11.8 Å². The molecule has 8 heteroatoms. The van der Waals surface area contributed by atoms with Gasteiger partial charge < -0.3 is 9.64 Å². The quantitative estimate of drug-likeness (QED) is 0.293. The fourth-order valence-corrected chi connectivity index (χ4v) is 4.87. The average molecular weight is 486 g/mol. The molecule has 0 bridgehead atoms. The van der Waals surface area contributed by atoms with Crippen LogP contribution in [0.25, 0.3) is 0 Å². The van der Waals surface area contributed by atoms with E-state index in [-0.39, 0.29) is 18.3 Å². The number of hydrogen-bond acceptors (Lipinski definition) is 4. The van der Waals surface area contributed by atoms with Gasteiger partial charge in [0.1, 0.15) is 0 Å². The highest BCUT2D eigenvalue weighted by Crippen LogP contribution is 2.37. The van der Waals surface area contributed by atoms with Crippen LogP contribution in [0.1, 0.15) is 39.5 Å². The summed E-state index contributed by atoms with van der Waals surface area (Å²) >= 11 is 1.58. The predicted molar refractivity (Wildman–Crippen MR) is 125 cm³/mol. The highest BCUT2D eigenvalue weighted by atomic mass is 32.2. The Kier molecular flexibility index (Phi) is 6.97. The zero-order chi connectivity index (χ0) is 24.3. The van der Waals surface area contributed by atoms with E-state index in [1.807, 2.05) is 36.4 Å². The Morgan fingerprint density at radius 1 is 1.03 bits per heavy atom. The molecule has 0 spiro atoms. The first-order valence-corrected chi connectivity index (χ1v) is 11.7. The van der Waals surface area contributed by atoms with Crippen LogP contribution < -0.4 is 4.90 Å². The zero-order valence-corrected chi connectivity index (χ0v) is 19.2. The van der Waals surface area contributed by atoms with Gasteiger partial charge in [0.15, 0.2) is 0 Å². The maximum absolute atomic E-state index is 13.0. The summed E-state index contributed by atoms with van der Waals surface area (Å²) in [6.45, 7) is 2.41. The Hall–Kier alpha value is -3.26. The summed E-state index contributed by atoms with van der Waals surface area (Å²) in [6.07, 6.45) is -4.21. The summed E-state index contributed by atoms with van der Waals surface area (Å²) in [5.41, 5.74) is 3.01. The van der Waals surface area contributed by atoms with Gasteiger partial charge in [-0.25, -0.2) is 0 Å². The van der Waals surface area contributed by atoms with Crippen molar-refractivity contribution in [2.45, 2.75) is 36.7 Å². The van der Waals surface area contributed by atoms with Crippen molar-refractivity contribution in [1.82, 2.24) is 0 Å². The number of ether oxygens (including phenoxy) is 1. The van der Waals surface area contributed by atoms with E-state index < -0.39 is 11.7 Å². The maximum atomic E-state index is 13.0. The zero-order valence-electron chi connectivity index (χ0n) is 18.4. The first-order valence-electron chi connectivity index (χ1n) is 10.7. The molecule has 0 saturated heterocycles. The summed E-state index contributed by atoms with van der Waals surface area (Å²) < 4.78 is 43.7. The second-order valence-electron chi connectivity index (χ2n) is 7.81. The summed E-state index contributed by atoms with van der Waals surface area (Å²) in [6, 6.07) is 17.9. The molecule has 0 aliphatic carbocycles. The van der Waals surface area contributed by atoms with E-state index in [4.69, 9.17) is 4.74 Å². The minimum Gasteiger partial charge on any atom is -0.466 e. The van der Waals surface area contributed by atoms with Crippen molar-refractivity contribution in [3.8, 4) is 0 Å². The molecule has 0 aromatic heterocycles. The van der Waals surface area contributed by atoms with Gasteiger partial charge in [0, 0.05) is 21.9 Å². The number of anilines is 1. The number of alkyl halides is 3. The molecule has 3 aromatic rings. The largest absolute Gasteiger partial charge is 0.466 e. The van der Waals surface area contributed by atoms with E-state index in [0.29, 0.717) is 30.2 Å². The lowest BCUT2D eigenvalue weighted by Crippen LogP contribution is -2.23. The second kappa shape index (κ2) is 9.93. The number of rotatable bonds is 7. The van der Waals surface area contributed by atoms with Gasteiger partial charge in [0.2, 0.25) is 0 Å². The lowest BCUT2D eigenvalue weighted by molar-refractivity contribution is -0.142. The normalized spacial score (nSPS) is 13.2. The third-order valence-electron chi connectivity index (χ3n) is 5.47. The van der Waals surface area contributed by atoms with Gasteiger partial charge in [-0.3, -0.25) is 9.59 Å². The van der Waals surface area contributed by atoms with Crippen LogP contribution in [-0.2, 0) is 34.4 Å². The van der Waals surface area contributed by atoms with Gasteiger partial charge in [-0.1, -0.05) is 30.3 Å². The van der Waals surface area contributed by atoms with Crippen molar-refractivity contribution in [1.29, 1.82) is 0 Å². The Balaban J connectivity index is 1.48. The molecular formula is C26H22F3NO3S. The van der Waals surface area contributed by atoms with Crippen LogP contribution in [-0.4, -0.2) is 18.5 Å². The molecule has 0 saturated carbocycles. The lowest BCUT2D eigenvalue weighted by Gasteiger charge is -2.17. The first kappa shape index (κ1) is 23.9. The van der Waals surface area contributed by atoms with Crippen molar-refractivity contribution >= 4 is 29.3 Å². The van der Waals surface area contributed by atoms with Crippen LogP contribution in [0.3, 0.4) is 0 Å². The molecule has 0 N–H and O–H groups in total. The number of carbonyl (C=O) groups excluding carboxylic acids is 2. The molecule has 1 aliphatic rings. The number of amides is 1. The fraction of sp³-hybridized carbons (Fsp3) is 0.231. The first-order chi connectivity index (χ1) is 16.3. The van der Waals surface area contributed by atoms with Gasteiger partial charge >= 0.3 is 12.1 Å². The average Bonchev–Trinajstić information content (AvgIpc) is 3.15. The van der Waals surface area contributed by atoms with Gasteiger partial charge in [-0.05, 0) is 60.0 Å². The highest BCUT2D eigenvalue weighted by molar-refractivity contribution is 7.98. The number of nitrogens with zero attached hydrogens (tertiary/aromatic N) is 1. The van der Waals surface area contributed by atoms with Gasteiger partial charge in [0.05, 0.1) is 25.1 Å². The molecule has 4 nitrogen and oxygen atoms in total. The van der Waals surface area contributed by atoms with E-state index in [1.54, 1.807) is 24.8 Å². The maximum Gasteiger partial charge on any atom is 0.416 e. The number of esters is 1. The number of thioether (sulfide) groups is 1. The van der Waals surface area contributed by atoms with E-state index in [2.05, 4.69) is 0 Å². The van der Waals surface area contributed by atoms with Crippen LogP contribution in [0, 0.1) is 0 Å². The molecule has 0 unspecified atom stereocenters. The van der Waals surface area contributed by atoms with E-state index in [9.17, 15) is 22.8 Å². The lowest BCUT2D eigenvalue weighted by atomic mass is 10.1. The molecule has 0 radical (unpaired) electrons. The van der Waals surface area contributed by atoms with Crippen molar-refractivity contribution in [2.24, 2.45) is 0 Å². The standard InChI is InChI=1S/C26H22F3NO3S/c1-2-33-24(31)14-17-5-3-6-18(13-17)16-34-23-8-4-7-21-22(23)15-30(25(21)32)20-11-9-19(10-12-20)26(27,28)29/h3-13H,2,14-16H2,1H3. The number of carbonyl (C=O) groups is 2. The molecular weight excluding hydrogens is 463 g/mol. The topological polar surface area (TPSA) is 46.6 Å². The van der Waals surface area contributed by atoms with Crippen molar-refractivity contribution in [3.63, 3.8) is 0 Å². The van der Waals surface area contributed by atoms with E-state index in [1.165, 1.54) is 17.0 Å². The van der Waals surface area contributed by atoms with Crippen LogP contribution in [0.4, 0.5) is 18.9 Å². The molecule has 3 aromatic carbocycles. The smallest absolute Gasteiger partial charge is 0.416 e. The van der Waals surface area contributed by atoms with E-state index >= 15 is 0 Å². The van der Waals surface area contributed by atoms with Crippen molar-refractivity contribution in [3.05, 3.63) is 94.5 Å². The van der Waals surface area contributed by atoms with Gasteiger partial charge in [0.25, 0.3) is 5.91 Å². The van der Waals surface area contributed by atoms with Crippen molar-refractivity contribution < 1.29 is 27.5 Å². The van der Waals surface area contributed by atoms with Gasteiger partial charge in [-0.2, -0.15) is 13.2 Å². The molecule has 1 amide bonds. The van der Waals surface area contributed by atoms with Crippen LogP contribution in [0.15, 0.2) is 71.6 Å². The molecule has 1 aliphatic heterocycles. The number of hydrogen-bond donors (Lipinski definition) is 0. The summed E-state index contributed by atoms with van der Waals surface area (Å²) in [4.78, 5) is 27.1.